The number of para-hydroxylation sites is 1. The highest BCUT2D eigenvalue weighted by atomic mass is 19.4. The second-order valence-electron chi connectivity index (χ2n) is 9.72. The number of carbonyl (C=O) groups is 2. The molecule has 0 heterocycles. The number of halogens is 3. The van der Waals surface area contributed by atoms with Gasteiger partial charge in [-0.2, -0.15) is 13.2 Å². The number of anilines is 1. The Hall–Kier alpha value is -3.65. The summed E-state index contributed by atoms with van der Waals surface area (Å²) in [5, 5.41) is 6.15. The topological polar surface area (TPSA) is 67.4 Å². The summed E-state index contributed by atoms with van der Waals surface area (Å²) >= 11 is 0. The first-order valence-electron chi connectivity index (χ1n) is 12.4. The van der Waals surface area contributed by atoms with E-state index in [-0.39, 0.29) is 23.3 Å². The van der Waals surface area contributed by atoms with Crippen molar-refractivity contribution >= 4 is 17.6 Å². The van der Waals surface area contributed by atoms with Gasteiger partial charge in [0, 0.05) is 23.2 Å². The average molecular weight is 509 g/mol. The first-order chi connectivity index (χ1) is 17.8. The van der Waals surface area contributed by atoms with E-state index in [2.05, 4.69) is 10.6 Å². The minimum atomic E-state index is -5.18. The molecule has 5 rings (SSSR count). The number of carbonyl (C=O) groups excluding carboxylic acids is 2. The smallest absolute Gasteiger partial charge is 0.419 e. The van der Waals surface area contributed by atoms with Crippen LogP contribution >= 0.6 is 0 Å². The standard InChI is InChI=1S/C29H27F3N2O3/c30-29(31,32)28(36)37-26-22(24-16-25(24)33-17-20-9-10-20)7-4-8-23(26)27(35)34-21-13-11-19(12-14-21)15-18-5-2-1-3-6-18/h1-8,11-14,20,24-25,33H,9-10,15-17H2,(H,34,35). The molecule has 0 spiro atoms. The number of rotatable bonds is 9. The number of amides is 1. The van der Waals surface area contributed by atoms with Gasteiger partial charge >= 0.3 is 12.1 Å². The van der Waals surface area contributed by atoms with Gasteiger partial charge in [0.2, 0.25) is 0 Å². The van der Waals surface area contributed by atoms with Crippen molar-refractivity contribution < 1.29 is 27.5 Å². The Morgan fingerprint density at radius 3 is 2.27 bits per heavy atom. The number of nitrogens with one attached hydrogen (secondary N) is 2. The second-order valence-corrected chi connectivity index (χ2v) is 9.72. The maximum atomic E-state index is 13.1. The van der Waals surface area contributed by atoms with Gasteiger partial charge in [-0.1, -0.05) is 54.6 Å². The lowest BCUT2D eigenvalue weighted by Gasteiger charge is -2.16. The van der Waals surface area contributed by atoms with Crippen LogP contribution in [0.5, 0.6) is 5.75 Å². The molecule has 2 fully saturated rings. The fraction of sp³-hybridized carbons (Fsp3) is 0.310. The number of ether oxygens (including phenoxy) is 1. The van der Waals surface area contributed by atoms with Crippen LogP contribution in [0.1, 0.15) is 52.2 Å². The monoisotopic (exact) mass is 508 g/mol. The van der Waals surface area contributed by atoms with E-state index >= 15 is 0 Å². The van der Waals surface area contributed by atoms with Crippen LogP contribution in [0.25, 0.3) is 0 Å². The molecule has 1 amide bonds. The summed E-state index contributed by atoms with van der Waals surface area (Å²) in [5.74, 6) is -2.79. The normalized spacial score (nSPS) is 18.8. The molecule has 3 aromatic rings. The fourth-order valence-corrected chi connectivity index (χ4v) is 4.43. The van der Waals surface area contributed by atoms with Crippen molar-refractivity contribution in [3.05, 3.63) is 95.1 Å². The third-order valence-electron chi connectivity index (χ3n) is 6.73. The number of esters is 1. The molecular formula is C29H27F3N2O3. The summed E-state index contributed by atoms with van der Waals surface area (Å²) in [5.41, 5.74) is 2.99. The Kier molecular flexibility index (Phi) is 7.02. The van der Waals surface area contributed by atoms with Crippen molar-refractivity contribution in [2.45, 2.75) is 43.8 Å². The van der Waals surface area contributed by atoms with E-state index in [0.29, 0.717) is 23.6 Å². The van der Waals surface area contributed by atoms with Crippen LogP contribution in [-0.4, -0.2) is 30.6 Å². The number of alkyl halides is 3. The largest absolute Gasteiger partial charge is 0.491 e. The summed E-state index contributed by atoms with van der Waals surface area (Å²) < 4.78 is 44.0. The molecule has 0 aromatic heterocycles. The zero-order valence-electron chi connectivity index (χ0n) is 20.1. The Bertz CT molecular complexity index is 1270. The fourth-order valence-electron chi connectivity index (χ4n) is 4.43. The van der Waals surface area contributed by atoms with Crippen molar-refractivity contribution in [2.24, 2.45) is 5.92 Å². The second kappa shape index (κ2) is 10.4. The van der Waals surface area contributed by atoms with Crippen LogP contribution in [0.15, 0.2) is 72.8 Å². The highest BCUT2D eigenvalue weighted by molar-refractivity contribution is 6.07. The summed E-state index contributed by atoms with van der Waals surface area (Å²) in [6.45, 7) is 0.860. The molecule has 192 valence electrons. The molecule has 0 saturated heterocycles. The van der Waals surface area contributed by atoms with Crippen molar-refractivity contribution in [1.29, 1.82) is 0 Å². The van der Waals surface area contributed by atoms with Gasteiger partial charge in [-0.15, -0.1) is 0 Å². The molecule has 2 aliphatic rings. The number of hydrogen-bond acceptors (Lipinski definition) is 4. The lowest BCUT2D eigenvalue weighted by molar-refractivity contribution is -0.189. The van der Waals surface area contributed by atoms with Gasteiger partial charge in [0.25, 0.3) is 5.91 Å². The van der Waals surface area contributed by atoms with Crippen LogP contribution in [0.4, 0.5) is 18.9 Å². The molecular weight excluding hydrogens is 481 g/mol. The zero-order valence-corrected chi connectivity index (χ0v) is 20.1. The Morgan fingerprint density at radius 1 is 0.892 bits per heavy atom. The maximum absolute atomic E-state index is 13.1. The van der Waals surface area contributed by atoms with E-state index in [4.69, 9.17) is 4.74 Å². The molecule has 2 atom stereocenters. The van der Waals surface area contributed by atoms with E-state index < -0.39 is 18.1 Å². The first-order valence-corrected chi connectivity index (χ1v) is 12.4. The van der Waals surface area contributed by atoms with Gasteiger partial charge in [0.15, 0.2) is 0 Å². The number of hydrogen-bond donors (Lipinski definition) is 2. The van der Waals surface area contributed by atoms with Crippen molar-refractivity contribution in [3.8, 4) is 5.75 Å². The predicted octanol–water partition coefficient (Wildman–Crippen LogP) is 5.85. The summed E-state index contributed by atoms with van der Waals surface area (Å²) in [4.78, 5) is 24.9. The number of benzene rings is 3. The quantitative estimate of drug-likeness (QED) is 0.281. The molecule has 3 aromatic carbocycles. The SMILES string of the molecule is O=C(Nc1ccc(Cc2ccccc2)cc1)c1cccc(C2CC2NCC2CC2)c1OC(=O)C(F)(F)F. The summed E-state index contributed by atoms with van der Waals surface area (Å²) in [7, 11) is 0. The summed E-state index contributed by atoms with van der Waals surface area (Å²) in [6, 6.07) is 21.8. The van der Waals surface area contributed by atoms with Gasteiger partial charge < -0.3 is 15.4 Å². The molecule has 2 unspecified atom stereocenters. The minimum absolute atomic E-state index is 0.0828. The van der Waals surface area contributed by atoms with Crippen LogP contribution in [0, 0.1) is 5.92 Å². The van der Waals surface area contributed by atoms with Gasteiger partial charge in [-0.05, 0) is 67.5 Å². The highest BCUT2D eigenvalue weighted by Gasteiger charge is 2.45. The van der Waals surface area contributed by atoms with Crippen LogP contribution in [-0.2, 0) is 11.2 Å². The van der Waals surface area contributed by atoms with E-state index in [1.807, 2.05) is 42.5 Å². The predicted molar refractivity (Wildman–Crippen MR) is 134 cm³/mol. The van der Waals surface area contributed by atoms with Gasteiger partial charge in [-0.3, -0.25) is 4.79 Å². The lowest BCUT2D eigenvalue weighted by atomic mass is 10.0. The molecule has 2 aliphatic carbocycles. The average Bonchev–Trinajstić information content (AvgIpc) is 3.80. The third-order valence-corrected chi connectivity index (χ3v) is 6.73. The zero-order chi connectivity index (χ0) is 26.0. The van der Waals surface area contributed by atoms with Crippen molar-refractivity contribution in [1.82, 2.24) is 5.32 Å². The third kappa shape index (κ3) is 6.38. The Morgan fingerprint density at radius 2 is 1.59 bits per heavy atom. The molecule has 0 bridgehead atoms. The first kappa shape index (κ1) is 25.0. The van der Waals surface area contributed by atoms with E-state index in [1.165, 1.54) is 18.9 Å². The van der Waals surface area contributed by atoms with Gasteiger partial charge in [-0.25, -0.2) is 4.79 Å². The molecule has 8 heteroatoms. The Labute approximate surface area is 213 Å². The van der Waals surface area contributed by atoms with Crippen LogP contribution < -0.4 is 15.4 Å². The van der Waals surface area contributed by atoms with Gasteiger partial charge in [0.05, 0.1) is 5.56 Å². The molecule has 5 nitrogen and oxygen atoms in total. The molecule has 37 heavy (non-hydrogen) atoms. The highest BCUT2D eigenvalue weighted by Crippen LogP contribution is 2.47. The maximum Gasteiger partial charge on any atom is 0.491 e. The van der Waals surface area contributed by atoms with E-state index in [1.54, 1.807) is 24.3 Å². The van der Waals surface area contributed by atoms with Gasteiger partial charge in [0.1, 0.15) is 5.75 Å². The van der Waals surface area contributed by atoms with Crippen molar-refractivity contribution in [2.75, 3.05) is 11.9 Å². The molecule has 2 saturated carbocycles. The van der Waals surface area contributed by atoms with Crippen molar-refractivity contribution in [3.63, 3.8) is 0 Å². The van der Waals surface area contributed by atoms with Crippen LogP contribution in [0.3, 0.4) is 0 Å². The summed E-state index contributed by atoms with van der Waals surface area (Å²) in [6.07, 6.45) is -1.38. The lowest BCUT2D eigenvalue weighted by Crippen LogP contribution is -2.29. The molecule has 0 radical (unpaired) electrons. The minimum Gasteiger partial charge on any atom is -0.419 e. The Balaban J connectivity index is 1.33. The van der Waals surface area contributed by atoms with Crippen LogP contribution in [0.2, 0.25) is 0 Å². The molecule has 2 N–H and O–H groups in total. The van der Waals surface area contributed by atoms with E-state index in [9.17, 15) is 22.8 Å². The molecule has 0 aliphatic heterocycles. The van der Waals surface area contributed by atoms with E-state index in [0.717, 1.165) is 24.1 Å².